The van der Waals surface area contributed by atoms with E-state index in [1.165, 1.54) is 0 Å². The SMILES string of the molecule is O=C(Nc1ccc(Cl)cc1Cl)[C@@H]1CCCN1. The Kier molecular flexibility index (Phi) is 3.69. The zero-order valence-corrected chi connectivity index (χ0v) is 10.1. The van der Waals surface area contributed by atoms with Crippen LogP contribution < -0.4 is 10.6 Å². The van der Waals surface area contributed by atoms with Crippen molar-refractivity contribution < 1.29 is 4.79 Å². The third-order valence-electron chi connectivity index (χ3n) is 2.57. The van der Waals surface area contributed by atoms with Crippen LogP contribution in [0.4, 0.5) is 5.69 Å². The maximum atomic E-state index is 11.8. The summed E-state index contributed by atoms with van der Waals surface area (Å²) in [6, 6.07) is 4.91. The second-order valence-corrected chi connectivity index (χ2v) is 4.61. The van der Waals surface area contributed by atoms with Crippen LogP contribution in [0.2, 0.25) is 10.0 Å². The average Bonchev–Trinajstić information content (AvgIpc) is 2.75. The third kappa shape index (κ3) is 2.67. The molecule has 3 nitrogen and oxygen atoms in total. The lowest BCUT2D eigenvalue weighted by atomic mass is 10.2. The number of rotatable bonds is 2. The predicted molar refractivity (Wildman–Crippen MR) is 66.1 cm³/mol. The fourth-order valence-electron chi connectivity index (χ4n) is 1.72. The molecular weight excluding hydrogens is 247 g/mol. The maximum absolute atomic E-state index is 11.8. The Morgan fingerprint density at radius 3 is 2.88 bits per heavy atom. The van der Waals surface area contributed by atoms with Gasteiger partial charge in [-0.1, -0.05) is 23.2 Å². The molecule has 1 saturated heterocycles. The van der Waals surface area contributed by atoms with Gasteiger partial charge in [0.1, 0.15) is 0 Å². The van der Waals surface area contributed by atoms with E-state index in [2.05, 4.69) is 10.6 Å². The molecule has 1 aliphatic rings. The van der Waals surface area contributed by atoms with Crippen LogP contribution in [0.1, 0.15) is 12.8 Å². The fraction of sp³-hybridized carbons (Fsp3) is 0.364. The number of anilines is 1. The Hall–Kier alpha value is -0.770. The van der Waals surface area contributed by atoms with Crippen molar-refractivity contribution in [2.45, 2.75) is 18.9 Å². The van der Waals surface area contributed by atoms with Crippen LogP contribution in [0.3, 0.4) is 0 Å². The molecule has 2 N–H and O–H groups in total. The Labute approximate surface area is 104 Å². The number of hydrogen-bond donors (Lipinski definition) is 2. The lowest BCUT2D eigenvalue weighted by Crippen LogP contribution is -2.35. The zero-order valence-electron chi connectivity index (χ0n) is 8.59. The molecule has 1 aromatic rings. The fourth-order valence-corrected chi connectivity index (χ4v) is 2.17. The number of nitrogens with one attached hydrogen (secondary N) is 2. The maximum Gasteiger partial charge on any atom is 0.241 e. The number of carbonyl (C=O) groups is 1. The molecule has 1 fully saturated rings. The summed E-state index contributed by atoms with van der Waals surface area (Å²) in [7, 11) is 0. The molecule has 0 bridgehead atoms. The Morgan fingerprint density at radius 2 is 2.25 bits per heavy atom. The Balaban J connectivity index is 2.05. The van der Waals surface area contributed by atoms with Gasteiger partial charge in [-0.3, -0.25) is 4.79 Å². The van der Waals surface area contributed by atoms with Gasteiger partial charge in [-0.2, -0.15) is 0 Å². The van der Waals surface area contributed by atoms with Gasteiger partial charge in [0.25, 0.3) is 0 Å². The van der Waals surface area contributed by atoms with Gasteiger partial charge in [-0.25, -0.2) is 0 Å². The smallest absolute Gasteiger partial charge is 0.241 e. The quantitative estimate of drug-likeness (QED) is 0.857. The van der Waals surface area contributed by atoms with Gasteiger partial charge < -0.3 is 10.6 Å². The minimum atomic E-state index is -0.105. The second-order valence-electron chi connectivity index (χ2n) is 3.76. The topological polar surface area (TPSA) is 41.1 Å². The van der Waals surface area contributed by atoms with Crippen molar-refractivity contribution in [1.82, 2.24) is 5.32 Å². The molecular formula is C11H12Cl2N2O. The van der Waals surface area contributed by atoms with Crippen molar-refractivity contribution in [2.75, 3.05) is 11.9 Å². The number of amides is 1. The van der Waals surface area contributed by atoms with E-state index >= 15 is 0 Å². The van der Waals surface area contributed by atoms with Crippen LogP contribution in [0.25, 0.3) is 0 Å². The molecule has 1 atom stereocenters. The van der Waals surface area contributed by atoms with E-state index < -0.39 is 0 Å². The Morgan fingerprint density at radius 1 is 1.44 bits per heavy atom. The van der Waals surface area contributed by atoms with E-state index in [0.29, 0.717) is 15.7 Å². The lowest BCUT2D eigenvalue weighted by Gasteiger charge is -2.12. The second kappa shape index (κ2) is 5.04. The van der Waals surface area contributed by atoms with Gasteiger partial charge >= 0.3 is 0 Å². The molecule has 0 spiro atoms. The number of halogens is 2. The standard InChI is InChI=1S/C11H12Cl2N2O/c12-7-3-4-9(8(13)6-7)15-11(16)10-2-1-5-14-10/h3-4,6,10,14H,1-2,5H2,(H,15,16)/t10-/m0/s1. The first-order valence-electron chi connectivity index (χ1n) is 5.16. The molecule has 1 amide bonds. The first-order chi connectivity index (χ1) is 7.66. The molecule has 0 radical (unpaired) electrons. The molecule has 0 saturated carbocycles. The normalized spacial score (nSPS) is 19.8. The summed E-state index contributed by atoms with van der Waals surface area (Å²) < 4.78 is 0. The first-order valence-corrected chi connectivity index (χ1v) is 5.92. The molecule has 1 aliphatic heterocycles. The molecule has 0 aromatic heterocycles. The minimum absolute atomic E-state index is 0.0401. The van der Waals surface area contributed by atoms with Crippen molar-refractivity contribution in [3.63, 3.8) is 0 Å². The number of carbonyl (C=O) groups excluding carboxylic acids is 1. The summed E-state index contributed by atoms with van der Waals surface area (Å²) >= 11 is 11.7. The number of benzene rings is 1. The van der Waals surface area contributed by atoms with Crippen molar-refractivity contribution in [3.05, 3.63) is 28.2 Å². The highest BCUT2D eigenvalue weighted by atomic mass is 35.5. The minimum Gasteiger partial charge on any atom is -0.323 e. The van der Waals surface area contributed by atoms with Crippen LogP contribution in [0, 0.1) is 0 Å². The molecule has 0 unspecified atom stereocenters. The van der Waals surface area contributed by atoms with Crippen LogP contribution in [-0.2, 0) is 4.79 Å². The molecule has 1 heterocycles. The van der Waals surface area contributed by atoms with Gasteiger partial charge in [0.05, 0.1) is 16.8 Å². The third-order valence-corrected chi connectivity index (χ3v) is 3.11. The van der Waals surface area contributed by atoms with Crippen molar-refractivity contribution in [3.8, 4) is 0 Å². The molecule has 0 aliphatic carbocycles. The monoisotopic (exact) mass is 258 g/mol. The first kappa shape index (κ1) is 11.7. The van der Waals surface area contributed by atoms with Gasteiger partial charge in [0.15, 0.2) is 0 Å². The highest BCUT2D eigenvalue weighted by Crippen LogP contribution is 2.25. The van der Waals surface area contributed by atoms with Gasteiger partial charge in [0.2, 0.25) is 5.91 Å². The van der Waals surface area contributed by atoms with Gasteiger partial charge in [0, 0.05) is 5.02 Å². The van der Waals surface area contributed by atoms with Crippen LogP contribution in [-0.4, -0.2) is 18.5 Å². The highest BCUT2D eigenvalue weighted by molar-refractivity contribution is 6.36. The largest absolute Gasteiger partial charge is 0.323 e. The molecule has 2 rings (SSSR count). The van der Waals surface area contributed by atoms with Crippen molar-refractivity contribution >= 4 is 34.8 Å². The van der Waals surface area contributed by atoms with Crippen LogP contribution in [0.15, 0.2) is 18.2 Å². The predicted octanol–water partition coefficient (Wildman–Crippen LogP) is 2.68. The molecule has 1 aromatic carbocycles. The zero-order chi connectivity index (χ0) is 11.5. The van der Waals surface area contributed by atoms with E-state index in [0.717, 1.165) is 19.4 Å². The molecule has 86 valence electrons. The van der Waals surface area contributed by atoms with Crippen molar-refractivity contribution in [2.24, 2.45) is 0 Å². The van der Waals surface area contributed by atoms with E-state index in [-0.39, 0.29) is 11.9 Å². The van der Waals surface area contributed by atoms with E-state index in [4.69, 9.17) is 23.2 Å². The summed E-state index contributed by atoms with van der Waals surface area (Å²) in [5, 5.41) is 6.93. The molecule has 5 heteroatoms. The number of hydrogen-bond acceptors (Lipinski definition) is 2. The highest BCUT2D eigenvalue weighted by Gasteiger charge is 2.22. The van der Waals surface area contributed by atoms with E-state index in [9.17, 15) is 4.79 Å². The summed E-state index contributed by atoms with van der Waals surface area (Å²) in [6.45, 7) is 0.895. The summed E-state index contributed by atoms with van der Waals surface area (Å²) in [5.41, 5.74) is 0.602. The van der Waals surface area contributed by atoms with Crippen LogP contribution in [0.5, 0.6) is 0 Å². The van der Waals surface area contributed by atoms with Gasteiger partial charge in [-0.05, 0) is 37.6 Å². The summed E-state index contributed by atoms with van der Waals surface area (Å²) in [6.07, 6.45) is 1.91. The van der Waals surface area contributed by atoms with Crippen molar-refractivity contribution in [1.29, 1.82) is 0 Å². The van der Waals surface area contributed by atoms with Gasteiger partial charge in [-0.15, -0.1) is 0 Å². The van der Waals surface area contributed by atoms with Crippen LogP contribution >= 0.6 is 23.2 Å². The molecule has 16 heavy (non-hydrogen) atoms. The Bertz CT molecular complexity index is 403. The summed E-state index contributed by atoms with van der Waals surface area (Å²) in [5.74, 6) is -0.0401. The lowest BCUT2D eigenvalue weighted by molar-refractivity contribution is -0.117. The summed E-state index contributed by atoms with van der Waals surface area (Å²) in [4.78, 5) is 11.8. The van der Waals surface area contributed by atoms with E-state index in [1.807, 2.05) is 0 Å². The van der Waals surface area contributed by atoms with E-state index in [1.54, 1.807) is 18.2 Å². The average molecular weight is 259 g/mol.